The average molecular weight is 276 g/mol. The Morgan fingerprint density at radius 3 is 2.80 bits per heavy atom. The Balaban J connectivity index is 1.90. The lowest BCUT2D eigenvalue weighted by Crippen LogP contribution is -2.25. The smallest absolute Gasteiger partial charge is 0.147 e. The van der Waals surface area contributed by atoms with E-state index in [9.17, 15) is 0 Å². The maximum Gasteiger partial charge on any atom is 0.147 e. The summed E-state index contributed by atoms with van der Waals surface area (Å²) in [5.74, 6) is 1.95. The number of nitrogens with one attached hydrogen (secondary N) is 1. The molecule has 4 nitrogen and oxygen atoms in total. The van der Waals surface area contributed by atoms with Crippen LogP contribution in [0.25, 0.3) is 0 Å². The first-order chi connectivity index (χ1) is 9.83. The molecule has 1 fully saturated rings. The van der Waals surface area contributed by atoms with Crippen LogP contribution >= 0.6 is 0 Å². The normalized spacial score (nSPS) is 19.9. The van der Waals surface area contributed by atoms with Gasteiger partial charge in [-0.2, -0.15) is 0 Å². The van der Waals surface area contributed by atoms with Gasteiger partial charge in [0.15, 0.2) is 0 Å². The zero-order valence-electron chi connectivity index (χ0n) is 12.9. The van der Waals surface area contributed by atoms with Gasteiger partial charge in [0.25, 0.3) is 0 Å². The summed E-state index contributed by atoms with van der Waals surface area (Å²) in [6, 6.07) is 0. The Kier molecular flexibility index (Phi) is 6.25. The fraction of sp³-hybridized carbons (Fsp3) is 0.750. The second-order valence-corrected chi connectivity index (χ2v) is 5.72. The van der Waals surface area contributed by atoms with Gasteiger partial charge in [0.1, 0.15) is 5.82 Å². The van der Waals surface area contributed by atoms with Crippen LogP contribution < -0.4 is 10.2 Å². The van der Waals surface area contributed by atoms with Crippen LogP contribution in [-0.4, -0.2) is 29.6 Å². The van der Waals surface area contributed by atoms with Crippen molar-refractivity contribution in [3.8, 4) is 0 Å². The van der Waals surface area contributed by atoms with Crippen LogP contribution in [-0.2, 0) is 6.54 Å². The van der Waals surface area contributed by atoms with E-state index in [1.165, 1.54) is 32.1 Å². The van der Waals surface area contributed by atoms with Gasteiger partial charge in [0, 0.05) is 19.6 Å². The molecule has 1 aromatic heterocycles. The zero-order chi connectivity index (χ0) is 14.2. The topological polar surface area (TPSA) is 41.1 Å². The van der Waals surface area contributed by atoms with E-state index < -0.39 is 0 Å². The first-order valence-electron chi connectivity index (χ1n) is 8.10. The van der Waals surface area contributed by atoms with E-state index >= 15 is 0 Å². The van der Waals surface area contributed by atoms with Gasteiger partial charge in [0.05, 0.1) is 18.1 Å². The first kappa shape index (κ1) is 15.2. The summed E-state index contributed by atoms with van der Waals surface area (Å²) < 4.78 is 0. The summed E-state index contributed by atoms with van der Waals surface area (Å²) in [7, 11) is 0. The summed E-state index contributed by atoms with van der Waals surface area (Å²) in [5.41, 5.74) is 1.02. The standard InChI is InChI=1S/C16H28N4/c1-3-6-14-7-5-9-20(10-8-14)16-13-18-15(12-19-16)11-17-4-2/h12-14,17H,3-11H2,1-2H3. The molecule has 1 aliphatic rings. The van der Waals surface area contributed by atoms with Crippen molar-refractivity contribution < 1.29 is 0 Å². The minimum atomic E-state index is 0.808. The van der Waals surface area contributed by atoms with Gasteiger partial charge < -0.3 is 10.2 Å². The highest BCUT2D eigenvalue weighted by molar-refractivity contribution is 5.35. The third-order valence-corrected chi connectivity index (χ3v) is 4.12. The summed E-state index contributed by atoms with van der Waals surface area (Å²) in [5, 5.41) is 3.28. The molecule has 2 rings (SSSR count). The number of hydrogen-bond acceptors (Lipinski definition) is 4. The Labute approximate surface area is 123 Å². The first-order valence-corrected chi connectivity index (χ1v) is 8.10. The molecule has 0 radical (unpaired) electrons. The van der Waals surface area contributed by atoms with Crippen LogP contribution in [0, 0.1) is 5.92 Å². The predicted molar refractivity (Wildman–Crippen MR) is 83.9 cm³/mol. The number of hydrogen-bond donors (Lipinski definition) is 1. The molecule has 0 amide bonds. The molecular weight excluding hydrogens is 248 g/mol. The minimum absolute atomic E-state index is 0.808. The van der Waals surface area contributed by atoms with Gasteiger partial charge in [-0.25, -0.2) is 4.98 Å². The van der Waals surface area contributed by atoms with E-state index in [2.05, 4.69) is 34.0 Å². The van der Waals surface area contributed by atoms with E-state index in [1.54, 1.807) is 0 Å². The number of nitrogens with zero attached hydrogens (tertiary/aromatic N) is 3. The number of rotatable bonds is 6. The Hall–Kier alpha value is -1.16. The fourth-order valence-corrected chi connectivity index (χ4v) is 2.95. The van der Waals surface area contributed by atoms with Crippen LogP contribution in [0.4, 0.5) is 5.82 Å². The van der Waals surface area contributed by atoms with Crippen LogP contribution in [0.1, 0.15) is 51.6 Å². The lowest BCUT2D eigenvalue weighted by atomic mass is 9.96. The molecule has 1 N–H and O–H groups in total. The third-order valence-electron chi connectivity index (χ3n) is 4.12. The predicted octanol–water partition coefficient (Wildman–Crippen LogP) is 2.99. The van der Waals surface area contributed by atoms with E-state index in [-0.39, 0.29) is 0 Å². The second kappa shape index (κ2) is 8.20. The molecule has 0 spiro atoms. The molecule has 112 valence electrons. The molecule has 0 aromatic carbocycles. The molecule has 1 saturated heterocycles. The van der Waals surface area contributed by atoms with Crippen molar-refractivity contribution in [2.24, 2.45) is 5.92 Å². The lowest BCUT2D eigenvalue weighted by molar-refractivity contribution is 0.435. The van der Waals surface area contributed by atoms with Crippen molar-refractivity contribution in [1.82, 2.24) is 15.3 Å². The summed E-state index contributed by atoms with van der Waals surface area (Å²) >= 11 is 0. The van der Waals surface area contributed by atoms with Crippen molar-refractivity contribution in [2.75, 3.05) is 24.5 Å². The largest absolute Gasteiger partial charge is 0.355 e. The van der Waals surface area contributed by atoms with E-state index in [0.29, 0.717) is 0 Å². The Morgan fingerprint density at radius 1 is 1.20 bits per heavy atom. The molecular formula is C16H28N4. The molecule has 0 saturated carbocycles. The van der Waals surface area contributed by atoms with Gasteiger partial charge in [-0.3, -0.25) is 4.98 Å². The van der Waals surface area contributed by atoms with Crippen molar-refractivity contribution in [3.63, 3.8) is 0 Å². The lowest BCUT2D eigenvalue weighted by Gasteiger charge is -2.21. The molecule has 1 aliphatic heterocycles. The zero-order valence-corrected chi connectivity index (χ0v) is 12.9. The molecule has 0 bridgehead atoms. The second-order valence-electron chi connectivity index (χ2n) is 5.72. The number of anilines is 1. The monoisotopic (exact) mass is 276 g/mol. The van der Waals surface area contributed by atoms with Crippen molar-refractivity contribution in [1.29, 1.82) is 0 Å². The van der Waals surface area contributed by atoms with Crippen molar-refractivity contribution in [3.05, 3.63) is 18.1 Å². The highest BCUT2D eigenvalue weighted by atomic mass is 15.2. The van der Waals surface area contributed by atoms with E-state index in [0.717, 1.165) is 43.6 Å². The summed E-state index contributed by atoms with van der Waals surface area (Å²) in [6.45, 7) is 8.42. The van der Waals surface area contributed by atoms with Crippen molar-refractivity contribution >= 4 is 5.82 Å². The molecule has 0 aliphatic carbocycles. The SMILES string of the molecule is CCCC1CCCN(c2cnc(CNCC)cn2)CC1. The van der Waals surface area contributed by atoms with E-state index in [4.69, 9.17) is 0 Å². The minimum Gasteiger partial charge on any atom is -0.355 e. The highest BCUT2D eigenvalue weighted by Crippen LogP contribution is 2.24. The molecule has 1 aromatic rings. The van der Waals surface area contributed by atoms with E-state index in [1.807, 2.05) is 12.4 Å². The highest BCUT2D eigenvalue weighted by Gasteiger charge is 2.17. The molecule has 4 heteroatoms. The van der Waals surface area contributed by atoms with Crippen LogP contribution in [0.15, 0.2) is 12.4 Å². The maximum atomic E-state index is 4.59. The molecule has 2 heterocycles. The molecule has 1 unspecified atom stereocenters. The van der Waals surface area contributed by atoms with Crippen LogP contribution in [0.5, 0.6) is 0 Å². The van der Waals surface area contributed by atoms with Crippen molar-refractivity contribution in [2.45, 2.75) is 52.5 Å². The quantitative estimate of drug-likeness (QED) is 0.867. The average Bonchev–Trinajstić information content (AvgIpc) is 2.72. The third kappa shape index (κ3) is 4.44. The number of aromatic nitrogens is 2. The summed E-state index contributed by atoms with van der Waals surface area (Å²) in [6.07, 6.45) is 10.5. The van der Waals surface area contributed by atoms with Gasteiger partial charge in [-0.15, -0.1) is 0 Å². The summed E-state index contributed by atoms with van der Waals surface area (Å²) in [4.78, 5) is 11.5. The van der Waals surface area contributed by atoms with Gasteiger partial charge >= 0.3 is 0 Å². The molecule has 20 heavy (non-hydrogen) atoms. The van der Waals surface area contributed by atoms with Gasteiger partial charge in [-0.1, -0.05) is 26.7 Å². The van der Waals surface area contributed by atoms with Gasteiger partial charge in [0.2, 0.25) is 0 Å². The Morgan fingerprint density at radius 2 is 2.10 bits per heavy atom. The molecule has 1 atom stereocenters. The Bertz CT molecular complexity index is 377. The van der Waals surface area contributed by atoms with Crippen LogP contribution in [0.3, 0.4) is 0 Å². The van der Waals surface area contributed by atoms with Gasteiger partial charge in [-0.05, 0) is 31.7 Å². The van der Waals surface area contributed by atoms with Crippen LogP contribution in [0.2, 0.25) is 0 Å². The maximum absolute atomic E-state index is 4.59. The fourth-order valence-electron chi connectivity index (χ4n) is 2.95.